The number of allylic oxidation sites excluding steroid dienone is 1. The Hall–Kier alpha value is -4.10. The van der Waals surface area contributed by atoms with Crippen molar-refractivity contribution >= 4 is 45.6 Å². The SMILES string of the molecule is C=C[C@@H]1C[C@]1(NC(=O)[C@@H]1C[C@@]2(c3ccc(-c4ccccc4)cc3)CN1C(=O)[C@@H](N(C(=O)O)C(C)(C)C)CCCCCCC=CCS2)C(=O)NS(=O)(=O)C1CC1. The standard InChI is InChI=1S/C42H54N4O7S2/c1-5-31-26-42(31,38(49)44-55(52,53)33-23-24-33)43-36(47)35-27-41(32-21-19-30(20-22-32)29-16-12-11-13-17-29)28-45(35)37(48)34(46(39(50)51)40(2,3)4)18-14-9-7-6-8-10-15-25-54-41/h5,10-13,15-17,19-22,31,33-35H,1,6-9,14,18,23-28H2,2-4H3,(H,43,47)(H,44,49)(H,50,51)/t31-,34+,35+,41+,42-/m1/s1. The Labute approximate surface area is 329 Å². The topological polar surface area (TPSA) is 153 Å². The highest BCUT2D eigenvalue weighted by molar-refractivity contribution is 8.00. The van der Waals surface area contributed by atoms with Crippen LogP contribution >= 0.6 is 11.8 Å². The number of carbonyl (C=O) groups is 4. The number of thioether (sulfide) groups is 1. The molecule has 13 heteroatoms. The van der Waals surface area contributed by atoms with E-state index >= 15 is 4.79 Å². The molecular formula is C42H54N4O7S2. The normalized spacial score (nSPS) is 27.7. The molecule has 2 aromatic carbocycles. The van der Waals surface area contributed by atoms with Crippen LogP contribution in [-0.4, -0.2) is 87.8 Å². The van der Waals surface area contributed by atoms with E-state index < -0.39 is 72.9 Å². The highest BCUT2D eigenvalue weighted by atomic mass is 32.2. The number of benzene rings is 2. The van der Waals surface area contributed by atoms with Gasteiger partial charge in [0.2, 0.25) is 21.8 Å². The largest absolute Gasteiger partial charge is 0.465 e. The maximum atomic E-state index is 15.1. The monoisotopic (exact) mass is 790 g/mol. The third-order valence-corrected chi connectivity index (χ3v) is 14.7. The lowest BCUT2D eigenvalue weighted by atomic mass is 9.93. The Bertz CT molecular complexity index is 1910. The number of sulfonamides is 1. The lowest BCUT2D eigenvalue weighted by molar-refractivity contribution is -0.144. The van der Waals surface area contributed by atoms with Crippen LogP contribution in [0.4, 0.5) is 4.79 Å². The quantitative estimate of drug-likeness (QED) is 0.240. The van der Waals surface area contributed by atoms with E-state index in [0.717, 1.165) is 42.4 Å². The lowest BCUT2D eigenvalue weighted by Crippen LogP contribution is -2.60. The van der Waals surface area contributed by atoms with Crippen LogP contribution in [-0.2, 0) is 29.2 Å². The predicted molar refractivity (Wildman–Crippen MR) is 216 cm³/mol. The van der Waals surface area contributed by atoms with Gasteiger partial charge in [-0.25, -0.2) is 13.2 Å². The number of carboxylic acid groups (broad SMARTS) is 1. The molecule has 1 saturated heterocycles. The van der Waals surface area contributed by atoms with Gasteiger partial charge in [-0.1, -0.05) is 92.1 Å². The Kier molecular flexibility index (Phi) is 11.9. The van der Waals surface area contributed by atoms with Gasteiger partial charge in [-0.2, -0.15) is 0 Å². The van der Waals surface area contributed by atoms with Crippen molar-refractivity contribution in [1.29, 1.82) is 0 Å². The number of rotatable bonds is 9. The van der Waals surface area contributed by atoms with E-state index in [0.29, 0.717) is 31.4 Å². The van der Waals surface area contributed by atoms with Gasteiger partial charge in [0, 0.05) is 23.8 Å². The summed E-state index contributed by atoms with van der Waals surface area (Å²) in [6.45, 7) is 9.25. The number of carbonyl (C=O) groups excluding carboxylic acids is 3. The lowest BCUT2D eigenvalue weighted by Gasteiger charge is -2.41. The Morgan fingerprint density at radius 2 is 1.62 bits per heavy atom. The molecule has 0 spiro atoms. The summed E-state index contributed by atoms with van der Waals surface area (Å²) in [6, 6.07) is 16.0. The van der Waals surface area contributed by atoms with Crippen molar-refractivity contribution < 1.29 is 32.7 Å². The molecule has 55 heavy (non-hydrogen) atoms. The van der Waals surface area contributed by atoms with Gasteiger partial charge in [0.05, 0.1) is 10.00 Å². The maximum Gasteiger partial charge on any atom is 0.408 e. The highest BCUT2D eigenvalue weighted by Gasteiger charge is 2.62. The molecule has 3 fully saturated rings. The van der Waals surface area contributed by atoms with Crippen LogP contribution in [0.2, 0.25) is 0 Å². The second kappa shape index (κ2) is 16.2. The minimum absolute atomic E-state index is 0.126. The van der Waals surface area contributed by atoms with Crippen molar-refractivity contribution in [3.63, 3.8) is 0 Å². The zero-order chi connectivity index (χ0) is 39.6. The zero-order valence-electron chi connectivity index (χ0n) is 32.0. The van der Waals surface area contributed by atoms with Gasteiger partial charge in [0.1, 0.15) is 17.6 Å². The fourth-order valence-corrected chi connectivity index (χ4v) is 10.9. The number of nitrogens with zero attached hydrogens (tertiary/aromatic N) is 2. The molecule has 296 valence electrons. The third kappa shape index (κ3) is 8.83. The molecule has 11 nitrogen and oxygen atoms in total. The van der Waals surface area contributed by atoms with E-state index in [1.807, 2.05) is 54.6 Å². The number of hydrogen-bond donors (Lipinski definition) is 3. The summed E-state index contributed by atoms with van der Waals surface area (Å²) in [5, 5.41) is 12.8. The molecule has 2 aliphatic carbocycles. The zero-order valence-corrected chi connectivity index (χ0v) is 33.7. The van der Waals surface area contributed by atoms with Crippen molar-refractivity contribution in [3.05, 3.63) is 85.0 Å². The molecular weight excluding hydrogens is 737 g/mol. The van der Waals surface area contributed by atoms with Crippen LogP contribution in [0, 0.1) is 5.92 Å². The summed E-state index contributed by atoms with van der Waals surface area (Å²) in [5.74, 6) is -1.75. The smallest absolute Gasteiger partial charge is 0.408 e. The summed E-state index contributed by atoms with van der Waals surface area (Å²) in [6.07, 6.45) is 10.5. The summed E-state index contributed by atoms with van der Waals surface area (Å²) in [4.78, 5) is 59.2. The van der Waals surface area contributed by atoms with Gasteiger partial charge in [0.25, 0.3) is 5.91 Å². The van der Waals surface area contributed by atoms with Crippen LogP contribution in [0.15, 0.2) is 79.4 Å². The van der Waals surface area contributed by atoms with Crippen LogP contribution < -0.4 is 10.0 Å². The highest BCUT2D eigenvalue weighted by Crippen LogP contribution is 2.50. The third-order valence-electron chi connectivity index (χ3n) is 11.4. The number of amides is 4. The molecule has 4 aliphatic rings. The first-order valence-electron chi connectivity index (χ1n) is 19.4. The molecule has 2 bridgehead atoms. The summed E-state index contributed by atoms with van der Waals surface area (Å²) in [7, 11) is -3.90. The van der Waals surface area contributed by atoms with Gasteiger partial charge >= 0.3 is 6.09 Å². The van der Waals surface area contributed by atoms with Crippen LogP contribution in [0.5, 0.6) is 0 Å². The Morgan fingerprint density at radius 1 is 0.945 bits per heavy atom. The molecule has 0 radical (unpaired) electrons. The van der Waals surface area contributed by atoms with Gasteiger partial charge in [-0.05, 0) is 82.4 Å². The number of fused-ring (bicyclic) bond motifs is 2. The molecule has 2 saturated carbocycles. The first-order valence-corrected chi connectivity index (χ1v) is 21.9. The second-order valence-electron chi connectivity index (χ2n) is 16.4. The Morgan fingerprint density at radius 3 is 2.24 bits per heavy atom. The summed E-state index contributed by atoms with van der Waals surface area (Å²) >= 11 is 1.64. The molecule has 2 aromatic rings. The molecule has 0 aromatic heterocycles. The fraction of sp³-hybridized carbons (Fsp3) is 0.524. The second-order valence-corrected chi connectivity index (χ2v) is 19.8. The molecule has 5 atom stereocenters. The molecule has 2 aliphatic heterocycles. The number of hydrogen-bond acceptors (Lipinski definition) is 7. The predicted octanol–water partition coefficient (Wildman–Crippen LogP) is 6.61. The average molecular weight is 791 g/mol. The van der Waals surface area contributed by atoms with E-state index in [-0.39, 0.29) is 19.4 Å². The van der Waals surface area contributed by atoms with E-state index in [1.165, 1.54) is 15.9 Å². The van der Waals surface area contributed by atoms with E-state index in [2.05, 4.69) is 28.8 Å². The maximum absolute atomic E-state index is 15.1. The molecule has 0 unspecified atom stereocenters. The van der Waals surface area contributed by atoms with E-state index in [9.17, 15) is 27.9 Å². The van der Waals surface area contributed by atoms with Crippen molar-refractivity contribution in [2.75, 3.05) is 12.3 Å². The van der Waals surface area contributed by atoms with Crippen LogP contribution in [0.25, 0.3) is 11.1 Å². The minimum atomic E-state index is -3.90. The summed E-state index contributed by atoms with van der Waals surface area (Å²) in [5.41, 5.74) is 0.531. The van der Waals surface area contributed by atoms with E-state index in [4.69, 9.17) is 0 Å². The van der Waals surface area contributed by atoms with Crippen LogP contribution in [0.1, 0.15) is 90.5 Å². The molecule has 4 amide bonds. The minimum Gasteiger partial charge on any atom is -0.465 e. The first kappa shape index (κ1) is 40.6. The molecule has 3 N–H and O–H groups in total. The Balaban J connectivity index is 1.41. The first-order chi connectivity index (χ1) is 26.1. The van der Waals surface area contributed by atoms with Gasteiger partial charge in [-0.15, -0.1) is 18.3 Å². The van der Waals surface area contributed by atoms with Gasteiger partial charge in [-0.3, -0.25) is 24.0 Å². The van der Waals surface area contributed by atoms with Gasteiger partial charge < -0.3 is 15.3 Å². The summed E-state index contributed by atoms with van der Waals surface area (Å²) < 4.78 is 27.1. The fourth-order valence-electron chi connectivity index (χ4n) is 8.14. The van der Waals surface area contributed by atoms with Crippen molar-refractivity contribution in [2.24, 2.45) is 5.92 Å². The van der Waals surface area contributed by atoms with E-state index in [1.54, 1.807) is 32.5 Å². The van der Waals surface area contributed by atoms with Crippen LogP contribution in [0.3, 0.4) is 0 Å². The van der Waals surface area contributed by atoms with Gasteiger partial charge in [0.15, 0.2) is 0 Å². The molecule has 6 rings (SSSR count). The molecule has 2 heterocycles. The van der Waals surface area contributed by atoms with Crippen molar-refractivity contribution in [2.45, 2.75) is 118 Å². The van der Waals surface area contributed by atoms with Crippen molar-refractivity contribution in [1.82, 2.24) is 19.8 Å². The number of nitrogens with one attached hydrogen (secondary N) is 2. The average Bonchev–Trinajstić information content (AvgIpc) is 4.08. The van der Waals surface area contributed by atoms with Crippen molar-refractivity contribution in [3.8, 4) is 11.1 Å².